The first-order valence-corrected chi connectivity index (χ1v) is 3.24. The Kier molecular flexibility index (Phi) is 2.98. The summed E-state index contributed by atoms with van der Waals surface area (Å²) in [6, 6.07) is 0. The molecule has 8 heavy (non-hydrogen) atoms. The number of rotatable bonds is 3. The summed E-state index contributed by atoms with van der Waals surface area (Å²) in [6.45, 7) is 7.38. The molecule has 0 aromatic rings. The minimum absolute atomic E-state index is 0.292. The van der Waals surface area contributed by atoms with Gasteiger partial charge in [0.15, 0.2) is 0 Å². The molecule has 0 aromatic heterocycles. The first-order valence-electron chi connectivity index (χ1n) is 3.24. The molecule has 0 saturated carbocycles. The number of quaternary nitrogens is 1. The number of nitrogens with zero attached hydrogens (tertiary/aromatic N) is 1. The summed E-state index contributed by atoms with van der Waals surface area (Å²) in [5, 5.41) is 0. The van der Waals surface area contributed by atoms with E-state index in [0.717, 1.165) is 0 Å². The van der Waals surface area contributed by atoms with Gasteiger partial charge in [-0.15, -0.1) is 4.71 Å². The van der Waals surface area contributed by atoms with Gasteiger partial charge in [-0.2, -0.15) is 0 Å². The molecule has 0 atom stereocenters. The van der Waals surface area contributed by atoms with Crippen LogP contribution in [0, 0.1) is 0 Å². The fourth-order valence-electron chi connectivity index (χ4n) is 0.671. The zero-order valence-electron chi connectivity index (χ0n) is 5.95. The molecule has 0 heterocycles. The Bertz CT molecular complexity index is 51.3. The van der Waals surface area contributed by atoms with Crippen molar-refractivity contribution in [3.05, 3.63) is 0 Å². The molecule has 50 valence electrons. The molecule has 0 rings (SSSR count). The van der Waals surface area contributed by atoms with E-state index in [-0.39, 0.29) is 4.71 Å². The van der Waals surface area contributed by atoms with Crippen LogP contribution in [0.2, 0.25) is 0 Å². The smallest absolute Gasteiger partial charge is 0.112 e. The van der Waals surface area contributed by atoms with Gasteiger partial charge in [0.05, 0.1) is 0 Å². The highest BCUT2D eigenvalue weighted by Gasteiger charge is 2.19. The Morgan fingerprint density at radius 1 is 1.00 bits per heavy atom. The summed E-state index contributed by atoms with van der Waals surface area (Å²) in [7, 11) is 0. The Morgan fingerprint density at radius 2 is 1.25 bits per heavy atom. The lowest BCUT2D eigenvalue weighted by Crippen LogP contribution is -2.38. The molecule has 0 N–H and O–H groups in total. The fourth-order valence-corrected chi connectivity index (χ4v) is 0.671. The first kappa shape index (κ1) is 7.89. The number of halogens is 1. The Hall–Kier alpha value is -0.110. The first-order chi connectivity index (χ1) is 3.68. The van der Waals surface area contributed by atoms with Gasteiger partial charge in [-0.25, -0.2) is 0 Å². The standard InChI is InChI=1S/C6H15FN/c1-4-8(7,5-2)6-3/h4-6H2,1-3H3/q+1. The van der Waals surface area contributed by atoms with Crippen LogP contribution in [0.25, 0.3) is 0 Å². The molecule has 0 unspecified atom stereocenters. The van der Waals surface area contributed by atoms with Crippen molar-refractivity contribution in [3.63, 3.8) is 0 Å². The van der Waals surface area contributed by atoms with E-state index < -0.39 is 0 Å². The lowest BCUT2D eigenvalue weighted by atomic mass is 10.5. The van der Waals surface area contributed by atoms with Crippen molar-refractivity contribution in [1.82, 2.24) is 0 Å². The third kappa shape index (κ3) is 1.78. The average molecular weight is 120 g/mol. The minimum Gasteiger partial charge on any atom is -0.131 e. The van der Waals surface area contributed by atoms with E-state index in [9.17, 15) is 4.48 Å². The van der Waals surface area contributed by atoms with Gasteiger partial charge < -0.3 is 0 Å². The van der Waals surface area contributed by atoms with Crippen LogP contribution >= 0.6 is 0 Å². The van der Waals surface area contributed by atoms with Crippen LogP contribution in [0.1, 0.15) is 20.8 Å². The summed E-state index contributed by atoms with van der Waals surface area (Å²) < 4.78 is 12.6. The fraction of sp³-hybridized carbons (Fsp3) is 1.00. The second kappa shape index (κ2) is 3.02. The molecular formula is C6H15FN+. The topological polar surface area (TPSA) is 0 Å². The van der Waals surface area contributed by atoms with Crippen molar-refractivity contribution < 1.29 is 9.19 Å². The minimum atomic E-state index is -0.292. The van der Waals surface area contributed by atoms with Gasteiger partial charge in [0.1, 0.15) is 19.6 Å². The molecule has 0 aliphatic rings. The van der Waals surface area contributed by atoms with E-state index in [2.05, 4.69) is 0 Å². The van der Waals surface area contributed by atoms with Crippen LogP contribution in [0.4, 0.5) is 4.48 Å². The van der Waals surface area contributed by atoms with Crippen molar-refractivity contribution in [3.8, 4) is 0 Å². The van der Waals surface area contributed by atoms with Gasteiger partial charge in [-0.1, -0.05) is 0 Å². The van der Waals surface area contributed by atoms with E-state index >= 15 is 0 Å². The molecular weight excluding hydrogens is 105 g/mol. The monoisotopic (exact) mass is 120 g/mol. The van der Waals surface area contributed by atoms with Gasteiger partial charge in [-0.3, -0.25) is 0 Å². The van der Waals surface area contributed by atoms with Crippen LogP contribution in [0.3, 0.4) is 0 Å². The van der Waals surface area contributed by atoms with Gasteiger partial charge in [-0.05, 0) is 25.3 Å². The normalized spacial score (nSPS) is 12.0. The molecule has 0 amide bonds. The molecule has 0 fully saturated rings. The van der Waals surface area contributed by atoms with Crippen LogP contribution in [0.15, 0.2) is 0 Å². The highest BCUT2D eigenvalue weighted by atomic mass is 19.2. The zero-order valence-corrected chi connectivity index (χ0v) is 5.95. The van der Waals surface area contributed by atoms with Crippen LogP contribution in [0.5, 0.6) is 0 Å². The van der Waals surface area contributed by atoms with Gasteiger partial charge in [0.2, 0.25) is 0 Å². The summed E-state index contributed by atoms with van der Waals surface area (Å²) >= 11 is 0. The maximum absolute atomic E-state index is 12.9. The maximum atomic E-state index is 12.9. The van der Waals surface area contributed by atoms with Gasteiger partial charge in [0.25, 0.3) is 0 Å². The van der Waals surface area contributed by atoms with E-state index in [0.29, 0.717) is 19.6 Å². The zero-order chi connectivity index (χ0) is 6.62. The van der Waals surface area contributed by atoms with E-state index in [1.165, 1.54) is 0 Å². The number of hydrogen-bond acceptors (Lipinski definition) is 0. The Balaban J connectivity index is 3.58. The molecule has 2 heteroatoms. The molecule has 0 aliphatic heterocycles. The predicted molar refractivity (Wildman–Crippen MR) is 33.0 cm³/mol. The van der Waals surface area contributed by atoms with Gasteiger partial charge in [0, 0.05) is 0 Å². The lowest BCUT2D eigenvalue weighted by molar-refractivity contribution is -1.05. The molecule has 0 bridgehead atoms. The van der Waals surface area contributed by atoms with Crippen LogP contribution in [-0.4, -0.2) is 24.3 Å². The van der Waals surface area contributed by atoms with Crippen molar-refractivity contribution in [2.24, 2.45) is 0 Å². The number of hydrogen-bond donors (Lipinski definition) is 0. The van der Waals surface area contributed by atoms with Crippen molar-refractivity contribution >= 4 is 0 Å². The lowest BCUT2D eigenvalue weighted by Gasteiger charge is -2.20. The Labute approximate surface area is 50.6 Å². The molecule has 0 aliphatic carbocycles. The SMILES string of the molecule is CC[N+](F)(CC)CC. The van der Waals surface area contributed by atoms with E-state index in [1.807, 2.05) is 20.8 Å². The molecule has 0 saturated heterocycles. The van der Waals surface area contributed by atoms with Crippen molar-refractivity contribution in [1.29, 1.82) is 0 Å². The highest BCUT2D eigenvalue weighted by molar-refractivity contribution is 4.19. The third-order valence-corrected chi connectivity index (χ3v) is 1.70. The Morgan fingerprint density at radius 3 is 1.25 bits per heavy atom. The van der Waals surface area contributed by atoms with E-state index in [4.69, 9.17) is 0 Å². The van der Waals surface area contributed by atoms with Crippen LogP contribution < -0.4 is 0 Å². The summed E-state index contributed by atoms with van der Waals surface area (Å²) in [4.78, 5) is 0. The van der Waals surface area contributed by atoms with Crippen molar-refractivity contribution in [2.75, 3.05) is 19.6 Å². The second-order valence-corrected chi connectivity index (χ2v) is 1.98. The summed E-state index contributed by atoms with van der Waals surface area (Å²) in [6.07, 6.45) is 0. The summed E-state index contributed by atoms with van der Waals surface area (Å²) in [5.41, 5.74) is 0. The third-order valence-electron chi connectivity index (χ3n) is 1.70. The molecule has 0 radical (unpaired) electrons. The van der Waals surface area contributed by atoms with Crippen molar-refractivity contribution in [2.45, 2.75) is 20.8 Å². The van der Waals surface area contributed by atoms with Crippen LogP contribution in [-0.2, 0) is 0 Å². The van der Waals surface area contributed by atoms with E-state index in [1.54, 1.807) is 0 Å². The van der Waals surface area contributed by atoms with Gasteiger partial charge >= 0.3 is 0 Å². The quantitative estimate of drug-likeness (QED) is 0.498. The predicted octanol–water partition coefficient (Wildman–Crippen LogP) is 1.75. The highest BCUT2D eigenvalue weighted by Crippen LogP contribution is 2.04. The maximum Gasteiger partial charge on any atom is 0.112 e. The largest absolute Gasteiger partial charge is 0.131 e. The second-order valence-electron chi connectivity index (χ2n) is 1.98. The molecule has 0 aromatic carbocycles. The summed E-state index contributed by atoms with van der Waals surface area (Å²) in [5.74, 6) is 0. The molecule has 1 nitrogen and oxygen atoms in total. The average Bonchev–Trinajstić information content (AvgIpc) is 1.87. The molecule has 0 spiro atoms.